The third kappa shape index (κ3) is 4.27. The van der Waals surface area contributed by atoms with Crippen LogP contribution in [-0.2, 0) is 11.3 Å². The van der Waals surface area contributed by atoms with E-state index in [9.17, 15) is 4.79 Å². The van der Waals surface area contributed by atoms with Gasteiger partial charge in [-0.1, -0.05) is 30.3 Å². The minimum atomic E-state index is 0. The quantitative estimate of drug-likeness (QED) is 0.875. The van der Waals surface area contributed by atoms with Crippen molar-refractivity contribution in [1.29, 1.82) is 0 Å². The maximum absolute atomic E-state index is 12.3. The van der Waals surface area contributed by atoms with E-state index in [4.69, 9.17) is 0 Å². The van der Waals surface area contributed by atoms with Gasteiger partial charge in [-0.3, -0.25) is 4.79 Å². The third-order valence-electron chi connectivity index (χ3n) is 3.89. The second kappa shape index (κ2) is 8.03. The lowest BCUT2D eigenvalue weighted by Crippen LogP contribution is -2.33. The van der Waals surface area contributed by atoms with E-state index in [1.54, 1.807) is 0 Å². The smallest absolute Gasteiger partial charge is 0.246 e. The molecule has 0 spiro atoms. The van der Waals surface area contributed by atoms with E-state index in [1.807, 2.05) is 42.3 Å². The summed E-state index contributed by atoms with van der Waals surface area (Å²) < 4.78 is 0. The Labute approximate surface area is 141 Å². The van der Waals surface area contributed by atoms with Gasteiger partial charge in [0, 0.05) is 18.7 Å². The van der Waals surface area contributed by atoms with Gasteiger partial charge in [0.1, 0.15) is 6.54 Å². The highest BCUT2D eigenvalue weighted by molar-refractivity contribution is 5.85. The first-order chi connectivity index (χ1) is 10.8. The van der Waals surface area contributed by atoms with Crippen LogP contribution in [0.1, 0.15) is 6.42 Å². The Morgan fingerprint density at radius 1 is 1.35 bits per heavy atom. The molecule has 1 unspecified atom stereocenters. The molecular formula is C15H21ClN6O. The van der Waals surface area contributed by atoms with Gasteiger partial charge in [0.2, 0.25) is 11.7 Å². The largest absolute Gasteiger partial charge is 0.341 e. The first kappa shape index (κ1) is 17.4. The number of benzene rings is 1. The summed E-state index contributed by atoms with van der Waals surface area (Å²) in [6, 6.07) is 9.63. The molecule has 124 valence electrons. The van der Waals surface area contributed by atoms with E-state index in [1.165, 1.54) is 4.80 Å². The van der Waals surface area contributed by atoms with Gasteiger partial charge in [0.25, 0.3) is 0 Å². The van der Waals surface area contributed by atoms with Gasteiger partial charge >= 0.3 is 0 Å². The number of halogens is 1. The molecule has 1 atom stereocenters. The van der Waals surface area contributed by atoms with Gasteiger partial charge < -0.3 is 10.2 Å². The molecule has 0 saturated carbocycles. The average Bonchev–Trinajstić information content (AvgIpc) is 3.18. The lowest BCUT2D eigenvalue weighted by atomic mass is 10.1. The van der Waals surface area contributed by atoms with Crippen molar-refractivity contribution >= 4 is 18.3 Å². The number of hydrogen-bond acceptors (Lipinski definition) is 5. The van der Waals surface area contributed by atoms with Crippen LogP contribution in [-0.4, -0.2) is 57.7 Å². The molecule has 1 aromatic heterocycles. The van der Waals surface area contributed by atoms with Crippen LogP contribution < -0.4 is 5.32 Å². The molecule has 1 N–H and O–H groups in total. The summed E-state index contributed by atoms with van der Waals surface area (Å²) in [6.07, 6.45) is 1.05. The average molecular weight is 337 g/mol. The van der Waals surface area contributed by atoms with Crippen molar-refractivity contribution in [1.82, 2.24) is 30.4 Å². The second-order valence-corrected chi connectivity index (χ2v) is 5.56. The molecule has 3 rings (SSSR count). The fourth-order valence-electron chi connectivity index (χ4n) is 2.75. The molecular weight excluding hydrogens is 316 g/mol. The molecule has 0 aliphatic carbocycles. The van der Waals surface area contributed by atoms with Crippen molar-refractivity contribution in [2.45, 2.75) is 13.0 Å². The van der Waals surface area contributed by atoms with Crippen molar-refractivity contribution in [2.75, 3.05) is 26.7 Å². The first-order valence-corrected chi connectivity index (χ1v) is 7.52. The highest BCUT2D eigenvalue weighted by Gasteiger charge is 2.26. The number of tetrazole rings is 1. The molecule has 2 heterocycles. The Morgan fingerprint density at radius 2 is 2.13 bits per heavy atom. The van der Waals surface area contributed by atoms with E-state index in [0.717, 1.165) is 31.6 Å². The first-order valence-electron chi connectivity index (χ1n) is 7.52. The standard InChI is InChI=1S/C15H20N6O.ClH/c1-16-9-12-7-8-20(10-12)14(22)11-21-18-15(17-19-21)13-5-3-2-4-6-13;/h2-6,12,16H,7-11H2,1H3;1H. The van der Waals surface area contributed by atoms with Crippen LogP contribution in [0.4, 0.5) is 0 Å². The Hall–Kier alpha value is -1.99. The maximum atomic E-state index is 12.3. The molecule has 1 saturated heterocycles. The molecule has 0 radical (unpaired) electrons. The van der Waals surface area contributed by atoms with Crippen LogP contribution in [0.15, 0.2) is 30.3 Å². The summed E-state index contributed by atoms with van der Waals surface area (Å²) in [4.78, 5) is 15.5. The minimum absolute atomic E-state index is 0. The number of rotatable bonds is 5. The van der Waals surface area contributed by atoms with Crippen molar-refractivity contribution in [3.05, 3.63) is 30.3 Å². The predicted octanol–water partition coefficient (Wildman–Crippen LogP) is 0.830. The van der Waals surface area contributed by atoms with Gasteiger partial charge in [0.05, 0.1) is 0 Å². The highest BCUT2D eigenvalue weighted by Crippen LogP contribution is 2.16. The third-order valence-corrected chi connectivity index (χ3v) is 3.89. The van der Waals surface area contributed by atoms with Crippen LogP contribution in [0, 0.1) is 5.92 Å². The molecule has 1 amide bonds. The Bertz CT molecular complexity index is 632. The summed E-state index contributed by atoms with van der Waals surface area (Å²) in [5, 5.41) is 15.4. The van der Waals surface area contributed by atoms with Gasteiger partial charge in [-0.15, -0.1) is 22.6 Å². The van der Waals surface area contributed by atoms with Crippen molar-refractivity contribution < 1.29 is 4.79 Å². The number of nitrogens with zero attached hydrogens (tertiary/aromatic N) is 5. The number of aromatic nitrogens is 4. The van der Waals surface area contributed by atoms with Crippen molar-refractivity contribution in [3.8, 4) is 11.4 Å². The maximum Gasteiger partial charge on any atom is 0.246 e. The molecule has 23 heavy (non-hydrogen) atoms. The van der Waals surface area contributed by atoms with Gasteiger partial charge in [-0.25, -0.2) is 0 Å². The number of likely N-dealkylation sites (tertiary alicyclic amines) is 1. The van der Waals surface area contributed by atoms with Gasteiger partial charge in [-0.05, 0) is 31.1 Å². The van der Waals surface area contributed by atoms with E-state index in [0.29, 0.717) is 11.7 Å². The summed E-state index contributed by atoms with van der Waals surface area (Å²) in [7, 11) is 1.94. The summed E-state index contributed by atoms with van der Waals surface area (Å²) in [5.41, 5.74) is 0.899. The zero-order valence-corrected chi connectivity index (χ0v) is 13.9. The molecule has 1 aromatic carbocycles. The molecule has 1 fully saturated rings. The van der Waals surface area contributed by atoms with Gasteiger partial charge in [0.15, 0.2) is 0 Å². The van der Waals surface area contributed by atoms with Gasteiger partial charge in [-0.2, -0.15) is 4.80 Å². The van der Waals surface area contributed by atoms with E-state index in [2.05, 4.69) is 20.7 Å². The van der Waals surface area contributed by atoms with Crippen LogP contribution >= 0.6 is 12.4 Å². The van der Waals surface area contributed by atoms with Crippen molar-refractivity contribution in [2.24, 2.45) is 5.92 Å². The van der Waals surface area contributed by atoms with Crippen LogP contribution in [0.2, 0.25) is 0 Å². The van der Waals surface area contributed by atoms with E-state index >= 15 is 0 Å². The second-order valence-electron chi connectivity index (χ2n) is 5.56. The van der Waals surface area contributed by atoms with Crippen LogP contribution in [0.25, 0.3) is 11.4 Å². The van der Waals surface area contributed by atoms with Crippen LogP contribution in [0.5, 0.6) is 0 Å². The Morgan fingerprint density at radius 3 is 2.87 bits per heavy atom. The summed E-state index contributed by atoms with van der Waals surface area (Å²) in [5.74, 6) is 1.14. The number of amides is 1. The summed E-state index contributed by atoms with van der Waals surface area (Å²) in [6.45, 7) is 2.71. The fraction of sp³-hybridized carbons (Fsp3) is 0.467. The molecule has 1 aliphatic rings. The highest BCUT2D eigenvalue weighted by atomic mass is 35.5. The minimum Gasteiger partial charge on any atom is -0.341 e. The monoisotopic (exact) mass is 336 g/mol. The molecule has 7 nitrogen and oxygen atoms in total. The SMILES string of the molecule is CNCC1CCN(C(=O)Cn2nnc(-c3ccccc3)n2)C1.Cl. The van der Waals surface area contributed by atoms with Crippen LogP contribution in [0.3, 0.4) is 0 Å². The molecule has 2 aromatic rings. The molecule has 0 bridgehead atoms. The normalized spacial score (nSPS) is 17.1. The topological polar surface area (TPSA) is 75.9 Å². The predicted molar refractivity (Wildman–Crippen MR) is 89.1 cm³/mol. The van der Waals surface area contributed by atoms with E-state index < -0.39 is 0 Å². The lowest BCUT2D eigenvalue weighted by molar-refractivity contribution is -0.131. The number of carbonyl (C=O) groups is 1. The zero-order chi connectivity index (χ0) is 15.4. The Kier molecular flexibility index (Phi) is 6.06. The zero-order valence-electron chi connectivity index (χ0n) is 13.1. The fourth-order valence-corrected chi connectivity index (χ4v) is 2.75. The molecule has 8 heteroatoms. The number of nitrogens with one attached hydrogen (secondary N) is 1. The Balaban J connectivity index is 0.00000192. The molecule has 1 aliphatic heterocycles. The van der Waals surface area contributed by atoms with E-state index in [-0.39, 0.29) is 24.9 Å². The number of carbonyl (C=O) groups excluding carboxylic acids is 1. The van der Waals surface area contributed by atoms with Crippen molar-refractivity contribution in [3.63, 3.8) is 0 Å². The number of hydrogen-bond donors (Lipinski definition) is 1. The summed E-state index contributed by atoms with van der Waals surface area (Å²) >= 11 is 0. The lowest BCUT2D eigenvalue weighted by Gasteiger charge is -2.15.